The first-order chi connectivity index (χ1) is 14.1. The molecule has 0 amide bonds. The predicted octanol–water partition coefficient (Wildman–Crippen LogP) is -5.32. The van der Waals surface area contributed by atoms with Gasteiger partial charge in [-0.05, 0) is 0 Å². The maximum Gasteiger partial charge on any atom is 0.149 e. The number of hydrogen-bond donors (Lipinski definition) is 0. The van der Waals surface area contributed by atoms with Gasteiger partial charge in [-0.15, -0.1) is 0 Å². The van der Waals surface area contributed by atoms with E-state index in [2.05, 4.69) is 0 Å². The number of carboxylic acid groups (broad SMARTS) is 3. The summed E-state index contributed by atoms with van der Waals surface area (Å²) in [6.45, 7) is 5.46. The molecule has 175 valence electrons. The predicted molar refractivity (Wildman–Crippen MR) is 101 cm³/mol. The van der Waals surface area contributed by atoms with Crippen molar-refractivity contribution in [1.82, 2.24) is 19.6 Å². The Hall–Kier alpha value is -0.638. The van der Waals surface area contributed by atoms with Gasteiger partial charge >= 0.3 is 0 Å². The smallest absolute Gasteiger partial charge is 0.149 e. The van der Waals surface area contributed by atoms with Crippen LogP contribution in [0.3, 0.4) is 0 Å². The summed E-state index contributed by atoms with van der Waals surface area (Å²) in [7, 11) is 0. The molecule has 1 fully saturated rings. The molecule has 1 rings (SSSR count). The molecule has 12 heteroatoms. The van der Waals surface area contributed by atoms with E-state index < -0.39 is 17.9 Å². The summed E-state index contributed by atoms with van der Waals surface area (Å²) < 4.78 is 0. The van der Waals surface area contributed by atoms with E-state index in [1.165, 1.54) is 0 Å². The third-order valence-corrected chi connectivity index (χ3v) is 5.01. The minimum Gasteiger partial charge on any atom is -0.549 e. The molecule has 0 aromatic rings. The van der Waals surface area contributed by atoms with Crippen LogP contribution in [-0.4, -0.2) is 122 Å². The summed E-state index contributed by atoms with van der Waals surface area (Å²) in [4.78, 5) is 52.2. The zero-order valence-electron chi connectivity index (χ0n) is 18.3. The minimum atomic E-state index is -1.27. The topological polar surface area (TPSA) is 150 Å². The Morgan fingerprint density at radius 3 is 1.00 bits per heavy atom. The van der Waals surface area contributed by atoms with Crippen LogP contribution in [0.25, 0.3) is 0 Å². The first kappa shape index (κ1) is 30.4. The van der Waals surface area contributed by atoms with E-state index in [4.69, 9.17) is 0 Å². The largest absolute Gasteiger partial charge is 0.549 e. The molecular formula is C19H31AcN4O7-3. The van der Waals surface area contributed by atoms with Crippen molar-refractivity contribution in [3.63, 3.8) is 0 Å². The van der Waals surface area contributed by atoms with Gasteiger partial charge in [-0.1, -0.05) is 13.8 Å². The van der Waals surface area contributed by atoms with Crippen LogP contribution in [0.2, 0.25) is 0 Å². The minimum absolute atomic E-state index is 0. The maximum atomic E-state index is 12.2. The first-order valence-corrected chi connectivity index (χ1v) is 10.1. The van der Waals surface area contributed by atoms with Crippen molar-refractivity contribution in [3.05, 3.63) is 0 Å². The van der Waals surface area contributed by atoms with Crippen molar-refractivity contribution in [1.29, 1.82) is 0 Å². The summed E-state index contributed by atoms with van der Waals surface area (Å²) >= 11 is 0. The van der Waals surface area contributed by atoms with Crippen LogP contribution in [-0.2, 0) is 19.2 Å². The Bertz CT molecular complexity index is 574. The summed E-state index contributed by atoms with van der Waals surface area (Å²) in [6.07, 6.45) is 0. The molecule has 0 saturated carbocycles. The number of Topliss-reactive ketones (excluding diaryl/α,β-unsaturated/α-hetero) is 1. The monoisotopic (exact) mass is 654 g/mol. The average molecular weight is 654 g/mol. The van der Waals surface area contributed by atoms with Crippen LogP contribution in [0.1, 0.15) is 13.8 Å². The Balaban J connectivity index is 0.00000900. The van der Waals surface area contributed by atoms with Crippen molar-refractivity contribution in [2.75, 3.05) is 78.5 Å². The molecule has 1 radical (unpaired) electrons. The maximum absolute atomic E-state index is 12.2. The van der Waals surface area contributed by atoms with E-state index in [1.807, 2.05) is 4.90 Å². The van der Waals surface area contributed by atoms with E-state index in [-0.39, 0.29) is 108 Å². The molecule has 0 bridgehead atoms. The van der Waals surface area contributed by atoms with Crippen molar-refractivity contribution in [3.8, 4) is 0 Å². The van der Waals surface area contributed by atoms with E-state index >= 15 is 0 Å². The SMILES string of the molecule is CC(C)C(=O)CN1CCN(CC(=O)[O-])CCN(CC(=O)[O-])CCN(CC(=O)[O-])CC1.[Ac]. The van der Waals surface area contributed by atoms with E-state index in [1.54, 1.807) is 28.5 Å². The van der Waals surface area contributed by atoms with Crippen LogP contribution < -0.4 is 15.3 Å². The second-order valence-corrected chi connectivity index (χ2v) is 7.84. The average Bonchev–Trinajstić information content (AvgIpc) is 2.62. The molecule has 0 aromatic heterocycles. The third-order valence-electron chi connectivity index (χ3n) is 5.01. The molecule has 0 aromatic carbocycles. The molecule has 31 heavy (non-hydrogen) atoms. The summed E-state index contributed by atoms with van der Waals surface area (Å²) in [5.41, 5.74) is 0. The fraction of sp³-hybridized carbons (Fsp3) is 0.789. The van der Waals surface area contributed by atoms with Crippen molar-refractivity contribution < 1.29 is 78.6 Å². The van der Waals surface area contributed by atoms with Gasteiger partial charge in [0, 0.05) is 122 Å². The number of carboxylic acids is 3. The Morgan fingerprint density at radius 2 is 0.806 bits per heavy atom. The molecule has 0 unspecified atom stereocenters. The third kappa shape index (κ3) is 14.2. The van der Waals surface area contributed by atoms with Crippen molar-refractivity contribution in [2.45, 2.75) is 13.8 Å². The molecule has 1 saturated heterocycles. The fourth-order valence-corrected chi connectivity index (χ4v) is 3.16. The van der Waals surface area contributed by atoms with Crippen LogP contribution in [0, 0.1) is 50.0 Å². The van der Waals surface area contributed by atoms with Gasteiger partial charge in [0.25, 0.3) is 0 Å². The number of hydrogen-bond acceptors (Lipinski definition) is 11. The summed E-state index contributed by atoms with van der Waals surface area (Å²) in [5.74, 6) is -3.85. The number of rotatable bonds is 9. The van der Waals surface area contributed by atoms with Gasteiger partial charge < -0.3 is 29.7 Å². The second-order valence-electron chi connectivity index (χ2n) is 7.84. The van der Waals surface area contributed by atoms with E-state index in [9.17, 15) is 34.5 Å². The van der Waals surface area contributed by atoms with Crippen LogP contribution in [0.4, 0.5) is 0 Å². The Morgan fingerprint density at radius 1 is 0.581 bits per heavy atom. The molecule has 1 aliphatic rings. The van der Waals surface area contributed by atoms with E-state index in [0.717, 1.165) is 0 Å². The summed E-state index contributed by atoms with van der Waals surface area (Å²) in [6, 6.07) is 0. The zero-order chi connectivity index (χ0) is 22.7. The van der Waals surface area contributed by atoms with Gasteiger partial charge in [0.2, 0.25) is 0 Å². The molecule has 1 heterocycles. The fourth-order valence-electron chi connectivity index (χ4n) is 3.16. The Kier molecular flexibility index (Phi) is 15.7. The van der Waals surface area contributed by atoms with Gasteiger partial charge in [0.1, 0.15) is 5.78 Å². The van der Waals surface area contributed by atoms with Crippen molar-refractivity contribution >= 4 is 23.7 Å². The normalized spacial score (nSPS) is 18.5. The van der Waals surface area contributed by atoms with Crippen LogP contribution in [0.15, 0.2) is 0 Å². The van der Waals surface area contributed by atoms with Crippen LogP contribution >= 0.6 is 0 Å². The molecule has 0 spiro atoms. The zero-order valence-corrected chi connectivity index (χ0v) is 23.0. The van der Waals surface area contributed by atoms with Gasteiger partial charge in [0.15, 0.2) is 0 Å². The first-order valence-electron chi connectivity index (χ1n) is 10.1. The van der Waals surface area contributed by atoms with Gasteiger partial charge in [-0.3, -0.25) is 24.4 Å². The molecule has 0 atom stereocenters. The van der Waals surface area contributed by atoms with Crippen molar-refractivity contribution in [2.24, 2.45) is 5.92 Å². The molecule has 0 N–H and O–H groups in total. The summed E-state index contributed by atoms with van der Waals surface area (Å²) in [5, 5.41) is 33.2. The standard InChI is InChI=1S/C19H34N4O7.Ac/c1-15(2)16(24)11-20-3-5-21(12-17(25)26)7-9-23(14-19(29)30)10-8-22(6-4-20)13-18(27)28;/h15H,3-14H2,1-2H3,(H,25,26)(H,27,28)(H,29,30);/p-3. The molecular weight excluding hydrogens is 623 g/mol. The van der Waals surface area contributed by atoms with Gasteiger partial charge in [-0.25, -0.2) is 0 Å². The molecule has 1 aliphatic heterocycles. The number of carbonyl (C=O) groups is 4. The molecule has 0 aliphatic carbocycles. The Labute approximate surface area is 218 Å². The number of carbonyl (C=O) groups excluding carboxylic acids is 4. The van der Waals surface area contributed by atoms with Gasteiger partial charge in [0.05, 0.1) is 24.5 Å². The quantitative estimate of drug-likeness (QED) is 0.235. The molecule has 11 nitrogen and oxygen atoms in total. The number of nitrogens with zero attached hydrogens (tertiary/aromatic N) is 4. The van der Waals surface area contributed by atoms with E-state index in [0.29, 0.717) is 26.2 Å². The van der Waals surface area contributed by atoms with Gasteiger partial charge in [-0.2, -0.15) is 0 Å². The number of aliphatic carboxylic acids is 3. The van der Waals surface area contributed by atoms with Crippen LogP contribution in [0.5, 0.6) is 0 Å². The second kappa shape index (κ2) is 16.0. The number of ketones is 1.